The third-order valence-electron chi connectivity index (χ3n) is 7.55. The first-order valence-corrected chi connectivity index (χ1v) is 20.1. The van der Waals surface area contributed by atoms with E-state index in [-0.39, 0.29) is 12.6 Å². The molecule has 0 aliphatic carbocycles. The van der Waals surface area contributed by atoms with Crippen LogP contribution in [0.4, 0.5) is 5.69 Å². The number of anilines is 1. The Kier molecular flexibility index (Phi) is 39.1. The lowest BCUT2D eigenvalue weighted by Crippen LogP contribution is -2.15. The van der Waals surface area contributed by atoms with Gasteiger partial charge in [0.25, 0.3) is 0 Å². The zero-order valence-electron chi connectivity index (χ0n) is 33.5. The van der Waals surface area contributed by atoms with Crippen molar-refractivity contribution in [3.8, 4) is 0 Å². The predicted octanol–water partition coefficient (Wildman–Crippen LogP) is 5.21. The van der Waals surface area contributed by atoms with Crippen LogP contribution in [0.25, 0.3) is 0 Å². The summed E-state index contributed by atoms with van der Waals surface area (Å²) >= 11 is 0. The van der Waals surface area contributed by atoms with E-state index in [1.54, 1.807) is 12.1 Å². The highest BCUT2D eigenvalue weighted by atomic mass is 16.6. The third kappa shape index (κ3) is 35.7. The molecule has 54 heavy (non-hydrogen) atoms. The molecule has 0 unspecified atom stereocenters. The Labute approximate surface area is 325 Å². The van der Waals surface area contributed by atoms with E-state index in [4.69, 9.17) is 56.8 Å². The number of benzene rings is 1. The largest absolute Gasteiger partial charge is 0.460 e. The van der Waals surface area contributed by atoms with Crippen LogP contribution in [0, 0.1) is 0 Å². The Hall–Kier alpha value is -1.95. The lowest BCUT2D eigenvalue weighted by atomic mass is 10.2. The van der Waals surface area contributed by atoms with Gasteiger partial charge >= 0.3 is 5.97 Å². The predicted molar refractivity (Wildman–Crippen MR) is 208 cm³/mol. The molecule has 0 aromatic heterocycles. The number of unbranched alkanes of at least 4 members (excludes halogenated alkanes) is 5. The van der Waals surface area contributed by atoms with E-state index >= 15 is 0 Å². The second-order valence-corrected chi connectivity index (χ2v) is 12.1. The molecule has 0 amide bonds. The Morgan fingerprint density at radius 2 is 0.704 bits per heavy atom. The van der Waals surface area contributed by atoms with Crippen molar-refractivity contribution in [2.45, 2.75) is 58.8 Å². The average Bonchev–Trinajstić information content (AvgIpc) is 3.19. The van der Waals surface area contributed by atoms with Crippen LogP contribution in [0.1, 0.15) is 69.2 Å². The number of carbonyl (C=O) groups excluding carboxylic acids is 1. The summed E-state index contributed by atoms with van der Waals surface area (Å²) in [6, 6.07) is 7.30. The number of ether oxygens (including phenoxy) is 12. The fraction of sp³-hybridized carbons (Fsp3) is 0.825. The molecule has 0 radical (unpaired) electrons. The van der Waals surface area contributed by atoms with Gasteiger partial charge in [-0.15, -0.1) is 0 Å². The highest BCUT2D eigenvalue weighted by molar-refractivity contribution is 5.89. The topological polar surface area (TPSA) is 140 Å². The molecule has 0 spiro atoms. The van der Waals surface area contributed by atoms with Gasteiger partial charge in [0, 0.05) is 18.8 Å². The summed E-state index contributed by atoms with van der Waals surface area (Å²) < 4.78 is 65.8. The maximum absolute atomic E-state index is 12.1. The lowest BCUT2D eigenvalue weighted by molar-refractivity contribution is -0.0280. The van der Waals surface area contributed by atoms with E-state index in [1.807, 2.05) is 12.1 Å². The number of nitrogens with one attached hydrogen (secondary N) is 1. The van der Waals surface area contributed by atoms with Gasteiger partial charge in [0.15, 0.2) is 0 Å². The highest BCUT2D eigenvalue weighted by Gasteiger charge is 2.07. The molecule has 1 rings (SSSR count). The summed E-state index contributed by atoms with van der Waals surface area (Å²) in [7, 11) is 0. The normalized spacial score (nSPS) is 11.4. The van der Waals surface area contributed by atoms with Crippen molar-refractivity contribution in [2.75, 3.05) is 164 Å². The maximum atomic E-state index is 12.1. The molecule has 1 aromatic rings. The lowest BCUT2D eigenvalue weighted by Gasteiger charge is -2.09. The average molecular weight is 776 g/mol. The van der Waals surface area contributed by atoms with Crippen molar-refractivity contribution in [2.24, 2.45) is 0 Å². The second-order valence-electron chi connectivity index (χ2n) is 12.1. The third-order valence-corrected chi connectivity index (χ3v) is 7.55. The van der Waals surface area contributed by atoms with E-state index in [1.165, 1.54) is 25.7 Å². The van der Waals surface area contributed by atoms with Crippen LogP contribution in [-0.4, -0.2) is 164 Å². The molecular formula is C40H73NO13. The standard InChI is InChI=1S/C40H73NO13/c1-3-5-7-8-9-15-43-16-17-44-18-19-45-20-21-46-22-23-47-24-25-48-26-27-49-28-29-50-30-31-51-32-33-52-34-35-53-36-37-54-40(42)38-10-12-39(13-11-38)41-14-6-4-2/h10-13,41H,3-9,14-37H2,1-2H3. The van der Waals surface area contributed by atoms with Gasteiger partial charge in [0.05, 0.1) is 144 Å². The van der Waals surface area contributed by atoms with Gasteiger partial charge in [-0.2, -0.15) is 0 Å². The minimum absolute atomic E-state index is 0.190. The van der Waals surface area contributed by atoms with Gasteiger partial charge in [0.1, 0.15) is 6.61 Å². The molecule has 0 saturated carbocycles. The Morgan fingerprint density at radius 3 is 1.06 bits per heavy atom. The van der Waals surface area contributed by atoms with Crippen molar-refractivity contribution in [1.82, 2.24) is 0 Å². The van der Waals surface area contributed by atoms with Gasteiger partial charge in [-0.1, -0.05) is 46.0 Å². The van der Waals surface area contributed by atoms with Crippen molar-refractivity contribution >= 4 is 11.7 Å². The first kappa shape index (κ1) is 50.1. The molecule has 316 valence electrons. The number of hydrogen-bond acceptors (Lipinski definition) is 14. The van der Waals surface area contributed by atoms with E-state index in [9.17, 15) is 4.79 Å². The van der Waals surface area contributed by atoms with Crippen LogP contribution in [0.5, 0.6) is 0 Å². The molecule has 14 nitrogen and oxygen atoms in total. The Bertz CT molecular complexity index is 897. The molecule has 1 aromatic carbocycles. The van der Waals surface area contributed by atoms with Crippen LogP contribution < -0.4 is 5.32 Å². The fourth-order valence-electron chi connectivity index (χ4n) is 4.52. The number of carbonyl (C=O) groups is 1. The molecule has 0 atom stereocenters. The maximum Gasteiger partial charge on any atom is 0.338 e. The summed E-state index contributed by atoms with van der Waals surface area (Å²) in [6.45, 7) is 16.8. The molecule has 0 aliphatic heterocycles. The smallest absolute Gasteiger partial charge is 0.338 e. The first-order valence-electron chi connectivity index (χ1n) is 20.1. The second kappa shape index (κ2) is 42.2. The molecule has 14 heteroatoms. The Morgan fingerprint density at radius 1 is 0.389 bits per heavy atom. The van der Waals surface area contributed by atoms with Crippen molar-refractivity contribution in [3.63, 3.8) is 0 Å². The van der Waals surface area contributed by atoms with Crippen LogP contribution >= 0.6 is 0 Å². The van der Waals surface area contributed by atoms with E-state index < -0.39 is 0 Å². The van der Waals surface area contributed by atoms with Crippen LogP contribution in [0.2, 0.25) is 0 Å². The minimum atomic E-state index is -0.360. The van der Waals surface area contributed by atoms with Gasteiger partial charge in [-0.25, -0.2) is 4.79 Å². The number of rotatable bonds is 44. The quantitative estimate of drug-likeness (QED) is 0.0686. The summed E-state index contributed by atoms with van der Waals surface area (Å²) in [6.07, 6.45) is 8.50. The van der Waals surface area contributed by atoms with Crippen molar-refractivity contribution in [1.29, 1.82) is 0 Å². The summed E-state index contributed by atoms with van der Waals surface area (Å²) in [5, 5.41) is 3.32. The summed E-state index contributed by atoms with van der Waals surface area (Å²) in [5.41, 5.74) is 1.52. The van der Waals surface area contributed by atoms with Crippen LogP contribution in [0.15, 0.2) is 24.3 Å². The van der Waals surface area contributed by atoms with Crippen molar-refractivity contribution in [3.05, 3.63) is 29.8 Å². The summed E-state index contributed by atoms with van der Waals surface area (Å²) in [4.78, 5) is 12.1. The molecule has 1 N–H and O–H groups in total. The van der Waals surface area contributed by atoms with E-state index in [0.717, 1.165) is 38.1 Å². The van der Waals surface area contributed by atoms with E-state index in [0.29, 0.717) is 144 Å². The van der Waals surface area contributed by atoms with Gasteiger partial charge in [-0.3, -0.25) is 0 Å². The van der Waals surface area contributed by atoms with Gasteiger partial charge < -0.3 is 62.2 Å². The molecule has 0 fully saturated rings. The number of esters is 1. The van der Waals surface area contributed by atoms with Gasteiger partial charge in [-0.05, 0) is 37.1 Å². The molecule has 0 heterocycles. The monoisotopic (exact) mass is 776 g/mol. The highest BCUT2D eigenvalue weighted by Crippen LogP contribution is 2.11. The first-order chi connectivity index (χ1) is 26.8. The Balaban J connectivity index is 1.67. The fourth-order valence-corrected chi connectivity index (χ4v) is 4.52. The molecule has 0 bridgehead atoms. The SMILES string of the molecule is CCCCCCCOCCOCCOCCOCCOCCOCCOCCOCCOCCOCCOCCOC(=O)c1ccc(NCCCC)cc1. The van der Waals surface area contributed by atoms with E-state index in [2.05, 4.69) is 19.2 Å². The van der Waals surface area contributed by atoms with Crippen molar-refractivity contribution < 1.29 is 61.6 Å². The van der Waals surface area contributed by atoms with Crippen LogP contribution in [0.3, 0.4) is 0 Å². The minimum Gasteiger partial charge on any atom is -0.460 e. The van der Waals surface area contributed by atoms with Crippen LogP contribution in [-0.2, 0) is 56.8 Å². The zero-order valence-corrected chi connectivity index (χ0v) is 33.5. The molecule has 0 aliphatic rings. The molecular weight excluding hydrogens is 702 g/mol. The molecule has 0 saturated heterocycles. The summed E-state index contributed by atoms with van der Waals surface area (Å²) in [5.74, 6) is -0.360. The zero-order chi connectivity index (χ0) is 38.7. The van der Waals surface area contributed by atoms with Gasteiger partial charge in [0.2, 0.25) is 0 Å². The number of hydrogen-bond donors (Lipinski definition) is 1.